The minimum Gasteiger partial charge on any atom is -0.859 e. The van der Waals surface area contributed by atoms with Crippen molar-refractivity contribution in [2.45, 2.75) is 43.2 Å². The molecule has 50 heteroatoms. The van der Waals surface area contributed by atoms with E-state index in [-0.39, 0.29) is 256 Å². The first-order chi connectivity index (χ1) is 44.5. The number of carboxylic acids is 2. The number of aryl methyl sites for hydroxylation is 2. The Bertz CT molecular complexity index is 5410. The van der Waals surface area contributed by atoms with Crippen molar-refractivity contribution >= 4 is 143 Å². The van der Waals surface area contributed by atoms with Crippen molar-refractivity contribution in [3.8, 4) is 11.4 Å². The van der Waals surface area contributed by atoms with Gasteiger partial charge in [-0.1, -0.05) is 74.6 Å². The largest absolute Gasteiger partial charge is 2.00 e. The van der Waals surface area contributed by atoms with Gasteiger partial charge in [0.1, 0.15) is 51.2 Å². The van der Waals surface area contributed by atoms with Crippen LogP contribution in [0.4, 0.5) is 34.1 Å². The molecule has 0 fully saturated rings. The normalized spacial score (nSPS) is 12.3. The number of aromatic nitrogens is 4. The third kappa shape index (κ3) is 25.3. The fourth-order valence-electron chi connectivity index (χ4n) is 8.40. The van der Waals surface area contributed by atoms with E-state index >= 15 is 0 Å². The van der Waals surface area contributed by atoms with Gasteiger partial charge >= 0.3 is 211 Å². The summed E-state index contributed by atoms with van der Waals surface area (Å²) in [4.78, 5) is 51.9. The molecule has 2 radical (unpaired) electrons. The Morgan fingerprint density at radius 1 is 0.413 bits per heavy atom. The first-order valence-electron chi connectivity index (χ1n) is 25.5. The molecule has 2 aromatic heterocycles. The number of hydrogen-bond donors (Lipinski definition) is 4. The van der Waals surface area contributed by atoms with E-state index in [1.807, 2.05) is 0 Å². The molecule has 4 N–H and O–H groups in total. The molecule has 6 aromatic carbocycles. The fraction of sp³-hybridized carbons (Fsp3) is 0.0370. The summed E-state index contributed by atoms with van der Waals surface area (Å²) in [6.45, 7) is 2.48. The van der Waals surface area contributed by atoms with Gasteiger partial charge in [-0.25, -0.2) is 16.8 Å². The molecule has 518 valence electrons. The molecule has 0 aliphatic carbocycles. The van der Waals surface area contributed by atoms with Crippen LogP contribution >= 0.6 is 0 Å². The fourth-order valence-corrected chi connectivity index (χ4v) is 12.2. The average molecular weight is 1700 g/mol. The van der Waals surface area contributed by atoms with Gasteiger partial charge in [-0.2, -0.15) is 33.7 Å². The number of carbonyl (C=O) groups excluding carboxylic acids is 2. The van der Waals surface area contributed by atoms with E-state index in [0.717, 1.165) is 109 Å². The molecule has 0 spiro atoms. The summed E-state index contributed by atoms with van der Waals surface area (Å²) in [6.07, 6.45) is 4.86. The molecular weight excluding hydrogens is 1660 g/mol. The molecule has 8 rings (SSSR count). The van der Waals surface area contributed by atoms with Gasteiger partial charge in [0.25, 0.3) is 51.6 Å². The molecule has 8 aromatic rings. The van der Waals surface area contributed by atoms with E-state index in [1.54, 1.807) is 0 Å². The standard InChI is InChI=1S/C54H42N10O26S6.2Cu.6Na/c1-27-49(59-57-41-17-15-37(91(73,74)75)25-39(41)53(69)70)51(67)63(61-27)35-13-9-31(45(23-35)95(85,86)87)5-3-29-7-11-33(21-43(29)93(79,80)81)55-47(65)19-20-48(66)56-34-12-8-30(44(22-34)94(82,83)84)4-6-32-10-14-36(24-46(32)96(88,89)90)64-52(68)50(28(2)62-64)60-58-42-18-16-38(92(76,77)78)26-40(42)54(71)72;;;;;;;;/h3-26H,1-2H3,(H12,55,56,57,58,61,62,65,66,67,68,69,70,71,72,73,74,75,76,77,78,79,80,81,82,83,84,85,86,87,88,89,90);;;;;;;;/q;2*+2;6*+1/p-8. The second-order valence-corrected chi connectivity index (χ2v) is 27.6. The molecule has 0 amide bonds. The zero-order valence-corrected chi connectivity index (χ0v) is 72.9. The van der Waals surface area contributed by atoms with Crippen molar-refractivity contribution in [1.82, 2.24) is 19.6 Å². The summed E-state index contributed by atoms with van der Waals surface area (Å²) >= 11 is 0. The number of rotatable bonds is 22. The monoisotopic (exact) mass is 1690 g/mol. The van der Waals surface area contributed by atoms with Crippen molar-refractivity contribution < 1.29 is 319 Å². The Labute approximate surface area is 742 Å². The minimum atomic E-state index is -5.21. The van der Waals surface area contributed by atoms with Crippen LogP contribution < -0.4 is 219 Å². The van der Waals surface area contributed by atoms with Crippen molar-refractivity contribution in [2.75, 3.05) is 0 Å². The Morgan fingerprint density at radius 2 is 0.692 bits per heavy atom. The number of azo groups is 2. The van der Waals surface area contributed by atoms with E-state index in [2.05, 4.69) is 40.6 Å². The molecule has 36 nitrogen and oxygen atoms in total. The second-order valence-electron chi connectivity index (χ2n) is 19.2. The number of nitrogens with zero attached hydrogens (tertiary/aromatic N) is 10. The predicted octanol–water partition coefficient (Wildman–Crippen LogP) is -16.7. The first-order valence-corrected chi connectivity index (χ1v) is 34.1. The van der Waals surface area contributed by atoms with E-state index in [0.29, 0.717) is 45.8 Å². The molecule has 2 heterocycles. The average Bonchev–Trinajstić information content (AvgIpc) is 1.56. The van der Waals surface area contributed by atoms with Crippen molar-refractivity contribution in [2.24, 2.45) is 30.4 Å². The molecule has 0 bridgehead atoms. The molecule has 0 unspecified atom stereocenters. The summed E-state index contributed by atoms with van der Waals surface area (Å²) in [5.41, 5.74) is -9.49. The topological polar surface area (TPSA) is 605 Å². The van der Waals surface area contributed by atoms with Crippen LogP contribution in [0.2, 0.25) is 0 Å². The zero-order chi connectivity index (χ0) is 70.9. The molecule has 0 saturated carbocycles. The summed E-state index contributed by atoms with van der Waals surface area (Å²) < 4.78 is 211. The van der Waals surface area contributed by atoms with E-state index in [4.69, 9.17) is 0 Å². The van der Waals surface area contributed by atoms with Crippen LogP contribution in [0, 0.1) is 13.8 Å². The van der Waals surface area contributed by atoms with Gasteiger partial charge in [-0.3, -0.25) is 37.8 Å². The first kappa shape index (κ1) is 100. The van der Waals surface area contributed by atoms with Gasteiger partial charge in [0.2, 0.25) is 0 Å². The Hall–Kier alpha value is -3.86. The van der Waals surface area contributed by atoms with Gasteiger partial charge in [0.15, 0.2) is 0 Å². The van der Waals surface area contributed by atoms with Gasteiger partial charge < -0.3 is 58.7 Å². The smallest absolute Gasteiger partial charge is 0.859 e. The van der Waals surface area contributed by atoms with E-state index in [9.17, 15) is 117 Å². The number of aromatic carboxylic acids is 2. The number of hydrogen-bond acceptors (Lipinski definition) is 28. The summed E-state index contributed by atoms with van der Waals surface area (Å²) in [5, 5.41) is 71.7. The maximum Gasteiger partial charge on any atom is 2.00 e. The molecule has 0 atom stereocenters. The van der Waals surface area contributed by atoms with E-state index in [1.165, 1.54) is 13.8 Å². The van der Waals surface area contributed by atoms with Gasteiger partial charge in [0.05, 0.1) is 44.5 Å². The van der Waals surface area contributed by atoms with Crippen LogP contribution in [0.5, 0.6) is 0 Å². The van der Waals surface area contributed by atoms with Crippen molar-refractivity contribution in [1.29, 1.82) is 0 Å². The third-order valence-corrected chi connectivity index (χ3v) is 18.1. The Kier molecular flexibility index (Phi) is 38.7. The van der Waals surface area contributed by atoms with Crippen LogP contribution in [0.1, 0.15) is 54.4 Å². The van der Waals surface area contributed by atoms with Crippen LogP contribution in [-0.4, -0.2) is 111 Å². The minimum absolute atomic E-state index is 0. The molecule has 104 heavy (non-hydrogen) atoms. The molecule has 0 aliphatic heterocycles. The van der Waals surface area contributed by atoms with Crippen LogP contribution in [0.3, 0.4) is 0 Å². The van der Waals surface area contributed by atoms with Crippen LogP contribution in [0.25, 0.3) is 35.7 Å². The van der Waals surface area contributed by atoms with Crippen LogP contribution in [0.15, 0.2) is 191 Å². The molecular formula is C54H34Cu2N10Na6O26S6+2. The maximum atomic E-state index is 13.4. The quantitative estimate of drug-likeness (QED) is 0.0122. The molecule has 0 saturated heterocycles. The van der Waals surface area contributed by atoms with Gasteiger partial charge in [-0.15, -0.1) is 31.8 Å². The van der Waals surface area contributed by atoms with E-state index < -0.39 is 170 Å². The third-order valence-electron chi connectivity index (χ3n) is 12.8. The molecule has 0 aliphatic rings. The summed E-state index contributed by atoms with van der Waals surface area (Å²) in [5.74, 6) is -6.43. The van der Waals surface area contributed by atoms with Gasteiger partial charge in [-0.05, 0) is 119 Å². The van der Waals surface area contributed by atoms with Crippen molar-refractivity contribution in [3.63, 3.8) is 0 Å². The number of carbonyl (C=O) groups is 2. The van der Waals surface area contributed by atoms with Gasteiger partial charge in [0, 0.05) is 22.5 Å². The Balaban J connectivity index is 0.0000133. The van der Waals surface area contributed by atoms with Crippen molar-refractivity contribution in [3.05, 3.63) is 187 Å². The Morgan fingerprint density at radius 3 is 0.962 bits per heavy atom. The van der Waals surface area contributed by atoms with Crippen LogP contribution in [-0.2, 0) is 94.8 Å². The maximum absolute atomic E-state index is 13.4. The number of carboxylic acid groups (broad SMARTS) is 2. The zero-order valence-electron chi connectivity index (χ0n) is 54.2. The number of benzene rings is 6. The SMILES string of the molecule is Cc1[n-]n(-c2ccc(C=Cc3ccc(N=C([O-])C=CC([O-])=Nc4ccc(C=Cc5ccc(-n6[n-]c(C)c(N=Nc7ccc(S(=O)(=O)[O-])cc7C(=O)[O-])c6=O)cc5S(=O)(=O)O)c(S(=O)(=O)O)c4)cc3S(=O)(=O)O)c(S(=O)(=O)O)c2)c(=O)c1N=Nc1ccc(S(=O)(=O)[O-])cc1C(=O)[O-].[Cu+2].[Cu+2].[Na+].[Na+].[Na+].[Na+].[Na+].[Na+]. The summed E-state index contributed by atoms with van der Waals surface area (Å²) in [7, 11) is -31.0. The number of aliphatic imine (C=N–C) groups is 2. The predicted molar refractivity (Wildman–Crippen MR) is 319 cm³/mol. The summed E-state index contributed by atoms with van der Waals surface area (Å²) in [6, 6.07) is 15.1. The second kappa shape index (κ2) is 40.2.